The number of ether oxygens (including phenoxy) is 1. The highest BCUT2D eigenvalue weighted by atomic mass is 32.2. The van der Waals surface area contributed by atoms with Gasteiger partial charge in [0.05, 0.1) is 22.5 Å². The molecule has 0 aromatic heterocycles. The number of nitro groups is 1. The summed E-state index contributed by atoms with van der Waals surface area (Å²) in [5.74, 6) is 0. The zero-order valence-electron chi connectivity index (χ0n) is 11.6. The quantitative estimate of drug-likeness (QED) is 0.650. The van der Waals surface area contributed by atoms with Crippen LogP contribution >= 0.6 is 0 Å². The van der Waals surface area contributed by atoms with E-state index in [0.29, 0.717) is 18.9 Å². The molecule has 8 nitrogen and oxygen atoms in total. The number of hydrogen-bond acceptors (Lipinski definition) is 6. The van der Waals surface area contributed by atoms with E-state index in [-0.39, 0.29) is 16.6 Å². The van der Waals surface area contributed by atoms with Gasteiger partial charge in [-0.3, -0.25) is 10.1 Å². The topological polar surface area (TPSA) is 116 Å². The zero-order valence-corrected chi connectivity index (χ0v) is 12.4. The summed E-state index contributed by atoms with van der Waals surface area (Å²) in [5.41, 5.74) is 0.0671. The second-order valence-electron chi connectivity index (χ2n) is 4.93. The maximum Gasteiger partial charge on any atom is 0.293 e. The van der Waals surface area contributed by atoms with Crippen molar-refractivity contribution in [1.29, 1.82) is 0 Å². The van der Waals surface area contributed by atoms with E-state index in [4.69, 9.17) is 9.88 Å². The summed E-state index contributed by atoms with van der Waals surface area (Å²) in [6.07, 6.45) is 1.75. The highest BCUT2D eigenvalue weighted by molar-refractivity contribution is 7.89. The molecule has 1 aromatic carbocycles. The monoisotopic (exact) mass is 315 g/mol. The minimum absolute atomic E-state index is 0.0257. The van der Waals surface area contributed by atoms with Crippen molar-refractivity contribution in [2.45, 2.75) is 23.8 Å². The number of nitrogens with two attached hydrogens (primary N) is 1. The Morgan fingerprint density at radius 2 is 2.19 bits per heavy atom. The first kappa shape index (κ1) is 15.7. The Kier molecular flexibility index (Phi) is 4.45. The van der Waals surface area contributed by atoms with E-state index in [9.17, 15) is 18.5 Å². The molecule has 1 aliphatic heterocycles. The molecular weight excluding hydrogens is 298 g/mol. The van der Waals surface area contributed by atoms with Crippen LogP contribution in [0.25, 0.3) is 0 Å². The zero-order chi connectivity index (χ0) is 15.6. The number of nitro benzene ring substituents is 1. The summed E-state index contributed by atoms with van der Waals surface area (Å²) in [6.45, 7) is 1.18. The van der Waals surface area contributed by atoms with E-state index >= 15 is 0 Å². The number of sulfonamides is 1. The Morgan fingerprint density at radius 1 is 1.48 bits per heavy atom. The van der Waals surface area contributed by atoms with Gasteiger partial charge < -0.3 is 9.64 Å². The number of primary sulfonamides is 1. The van der Waals surface area contributed by atoms with Crippen LogP contribution in [-0.2, 0) is 14.8 Å². The predicted molar refractivity (Wildman–Crippen MR) is 76.7 cm³/mol. The lowest BCUT2D eigenvalue weighted by Gasteiger charge is -2.32. The van der Waals surface area contributed by atoms with E-state index in [1.54, 1.807) is 11.9 Å². The minimum Gasteiger partial charge on any atom is -0.379 e. The molecule has 1 fully saturated rings. The molecule has 0 unspecified atom stereocenters. The summed E-state index contributed by atoms with van der Waals surface area (Å²) in [6, 6.07) is 3.70. The minimum atomic E-state index is -3.97. The van der Waals surface area contributed by atoms with Gasteiger partial charge in [-0.15, -0.1) is 0 Å². The second kappa shape index (κ2) is 5.96. The first-order valence-corrected chi connectivity index (χ1v) is 7.97. The fraction of sp³-hybridized carbons (Fsp3) is 0.500. The summed E-state index contributed by atoms with van der Waals surface area (Å²) in [4.78, 5) is 12.1. The van der Waals surface area contributed by atoms with Gasteiger partial charge >= 0.3 is 0 Å². The van der Waals surface area contributed by atoms with E-state index in [2.05, 4.69) is 0 Å². The standard InChI is InChI=1S/C12H17N3O5S/c1-14(9-3-2-6-20-8-9)11-5-4-10(21(13,18)19)7-12(11)15(16)17/h4-5,7,9H,2-3,6,8H2,1H3,(H2,13,18,19)/t9-/m1/s1. The molecule has 2 rings (SSSR count). The van der Waals surface area contributed by atoms with Crippen molar-refractivity contribution >= 4 is 21.4 Å². The van der Waals surface area contributed by atoms with Gasteiger partial charge in [-0.1, -0.05) is 0 Å². The Labute approximate surface area is 122 Å². The first-order valence-electron chi connectivity index (χ1n) is 6.42. The van der Waals surface area contributed by atoms with Gasteiger partial charge in [-0.2, -0.15) is 0 Å². The molecule has 9 heteroatoms. The third-order valence-electron chi connectivity index (χ3n) is 3.54. The molecule has 21 heavy (non-hydrogen) atoms. The SMILES string of the molecule is CN(c1ccc(S(N)(=O)=O)cc1[N+](=O)[O-])[C@@H]1CCCOC1. The molecule has 0 saturated carbocycles. The van der Waals surface area contributed by atoms with Crippen LogP contribution in [0.2, 0.25) is 0 Å². The van der Waals surface area contributed by atoms with Crippen LogP contribution in [0.4, 0.5) is 11.4 Å². The van der Waals surface area contributed by atoms with Crippen molar-refractivity contribution in [3.05, 3.63) is 28.3 Å². The van der Waals surface area contributed by atoms with Crippen LogP contribution in [0, 0.1) is 10.1 Å². The highest BCUT2D eigenvalue weighted by Crippen LogP contribution is 2.32. The third-order valence-corrected chi connectivity index (χ3v) is 4.45. The highest BCUT2D eigenvalue weighted by Gasteiger charge is 2.26. The van der Waals surface area contributed by atoms with E-state index in [0.717, 1.165) is 18.9 Å². The molecule has 1 aromatic rings. The average molecular weight is 315 g/mol. The van der Waals surface area contributed by atoms with Gasteiger partial charge in [0.2, 0.25) is 10.0 Å². The van der Waals surface area contributed by atoms with Gasteiger partial charge in [-0.25, -0.2) is 13.6 Å². The summed E-state index contributed by atoms with van der Waals surface area (Å²) >= 11 is 0. The molecule has 0 amide bonds. The summed E-state index contributed by atoms with van der Waals surface area (Å²) < 4.78 is 28.0. The lowest BCUT2D eigenvalue weighted by Crippen LogP contribution is -2.38. The van der Waals surface area contributed by atoms with E-state index < -0.39 is 14.9 Å². The van der Waals surface area contributed by atoms with Crippen LogP contribution in [0.3, 0.4) is 0 Å². The number of anilines is 1. The van der Waals surface area contributed by atoms with Gasteiger partial charge in [0.15, 0.2) is 0 Å². The maximum absolute atomic E-state index is 11.3. The molecule has 0 aliphatic carbocycles. The number of benzene rings is 1. The molecule has 0 spiro atoms. The summed E-state index contributed by atoms with van der Waals surface area (Å²) in [5, 5.41) is 16.2. The van der Waals surface area contributed by atoms with Crippen molar-refractivity contribution in [1.82, 2.24) is 0 Å². The number of nitrogens with zero attached hydrogens (tertiary/aromatic N) is 2. The molecule has 1 saturated heterocycles. The first-order chi connectivity index (χ1) is 9.80. The van der Waals surface area contributed by atoms with Crippen molar-refractivity contribution in [2.24, 2.45) is 5.14 Å². The molecule has 1 heterocycles. The lowest BCUT2D eigenvalue weighted by atomic mass is 10.1. The van der Waals surface area contributed by atoms with E-state index in [1.165, 1.54) is 12.1 Å². The van der Waals surface area contributed by atoms with Crippen LogP contribution in [0.15, 0.2) is 23.1 Å². The molecule has 0 radical (unpaired) electrons. The Morgan fingerprint density at radius 3 is 2.71 bits per heavy atom. The number of likely N-dealkylation sites (N-methyl/N-ethyl adjacent to an activating group) is 1. The molecule has 1 aliphatic rings. The summed E-state index contributed by atoms with van der Waals surface area (Å²) in [7, 11) is -2.24. The lowest BCUT2D eigenvalue weighted by molar-refractivity contribution is -0.384. The van der Waals surface area contributed by atoms with Crippen LogP contribution in [0.5, 0.6) is 0 Å². The predicted octanol–water partition coefficient (Wildman–Crippen LogP) is 0.857. The van der Waals surface area contributed by atoms with Crippen LogP contribution in [0.1, 0.15) is 12.8 Å². The van der Waals surface area contributed by atoms with Crippen LogP contribution in [-0.4, -0.2) is 39.6 Å². The van der Waals surface area contributed by atoms with Crippen LogP contribution < -0.4 is 10.0 Å². The molecule has 1 atom stereocenters. The molecule has 0 bridgehead atoms. The van der Waals surface area contributed by atoms with Gasteiger partial charge in [-0.05, 0) is 25.0 Å². The van der Waals surface area contributed by atoms with Gasteiger partial charge in [0.1, 0.15) is 5.69 Å². The van der Waals surface area contributed by atoms with Crippen molar-refractivity contribution < 1.29 is 18.1 Å². The Hall–Kier alpha value is -1.71. The van der Waals surface area contributed by atoms with Gasteiger partial charge in [0.25, 0.3) is 5.69 Å². The van der Waals surface area contributed by atoms with Crippen molar-refractivity contribution in [2.75, 3.05) is 25.2 Å². The third kappa shape index (κ3) is 3.49. The molecular formula is C12H17N3O5S. The Bertz CT molecular complexity index is 640. The second-order valence-corrected chi connectivity index (χ2v) is 6.50. The van der Waals surface area contributed by atoms with Gasteiger partial charge in [0, 0.05) is 19.7 Å². The maximum atomic E-state index is 11.3. The molecule has 2 N–H and O–H groups in total. The fourth-order valence-corrected chi connectivity index (χ4v) is 2.88. The number of hydrogen-bond donors (Lipinski definition) is 1. The van der Waals surface area contributed by atoms with Crippen molar-refractivity contribution in [3.63, 3.8) is 0 Å². The number of rotatable bonds is 4. The normalized spacial score (nSPS) is 19.2. The molecule has 116 valence electrons. The van der Waals surface area contributed by atoms with E-state index in [1.807, 2.05) is 0 Å². The Balaban J connectivity index is 2.40. The fourth-order valence-electron chi connectivity index (χ4n) is 2.35. The average Bonchev–Trinajstić information content (AvgIpc) is 2.45. The smallest absolute Gasteiger partial charge is 0.293 e. The van der Waals surface area contributed by atoms with Crippen molar-refractivity contribution in [3.8, 4) is 0 Å². The largest absolute Gasteiger partial charge is 0.379 e.